The van der Waals surface area contributed by atoms with Crippen molar-refractivity contribution in [3.05, 3.63) is 29.8 Å². The maximum absolute atomic E-state index is 11.9. The molecule has 16 heavy (non-hydrogen) atoms. The molecule has 3 nitrogen and oxygen atoms in total. The van der Waals surface area contributed by atoms with Gasteiger partial charge in [-0.15, -0.1) is 0 Å². The predicted molar refractivity (Wildman–Crippen MR) is 71.5 cm³/mol. The highest BCUT2D eigenvalue weighted by molar-refractivity contribution is 9.09. The molecule has 88 valence electrons. The first-order valence-electron chi connectivity index (χ1n) is 5.15. The minimum absolute atomic E-state index is 0.0600. The molecule has 0 heterocycles. The van der Waals surface area contributed by atoms with Gasteiger partial charge in [0.1, 0.15) is 0 Å². The summed E-state index contributed by atoms with van der Waals surface area (Å²) in [5.74, 6) is 0.0600. The number of anilines is 1. The van der Waals surface area contributed by atoms with Gasteiger partial charge in [-0.05, 0) is 24.3 Å². The molecule has 0 aliphatic rings. The van der Waals surface area contributed by atoms with Gasteiger partial charge in [0.2, 0.25) is 0 Å². The van der Waals surface area contributed by atoms with Crippen molar-refractivity contribution >= 4 is 27.5 Å². The Balaban J connectivity index is 2.77. The molecule has 1 aromatic rings. The second kappa shape index (κ2) is 5.89. The monoisotopic (exact) mass is 284 g/mol. The quantitative estimate of drug-likeness (QED) is 0.792. The highest BCUT2D eigenvalue weighted by atomic mass is 79.9. The number of rotatable bonds is 4. The molecule has 0 radical (unpaired) electrons. The van der Waals surface area contributed by atoms with Crippen molar-refractivity contribution in [2.24, 2.45) is 0 Å². The predicted octanol–water partition coefficient (Wildman–Crippen LogP) is 2.22. The van der Waals surface area contributed by atoms with E-state index in [1.807, 2.05) is 50.3 Å². The Morgan fingerprint density at radius 2 is 1.75 bits per heavy atom. The van der Waals surface area contributed by atoms with Crippen molar-refractivity contribution in [3.8, 4) is 0 Å². The minimum atomic E-state index is 0.0600. The van der Waals surface area contributed by atoms with Crippen LogP contribution in [-0.4, -0.2) is 43.8 Å². The summed E-state index contributed by atoms with van der Waals surface area (Å²) in [4.78, 5) is 15.6. The van der Waals surface area contributed by atoms with Gasteiger partial charge in [-0.2, -0.15) is 0 Å². The molecule has 0 unspecified atom stereocenters. The summed E-state index contributed by atoms with van der Waals surface area (Å²) in [5.41, 5.74) is 1.83. The van der Waals surface area contributed by atoms with Crippen LogP contribution in [0.5, 0.6) is 0 Å². The standard InChI is InChI=1S/C12H17BrN2O/c1-14(2)11-6-4-10(5-7-11)12(16)15(3)9-8-13/h4-7H,8-9H2,1-3H3. The van der Waals surface area contributed by atoms with Crippen LogP contribution < -0.4 is 4.90 Å². The number of hydrogen-bond donors (Lipinski definition) is 0. The van der Waals surface area contributed by atoms with E-state index in [9.17, 15) is 4.79 Å². The van der Waals surface area contributed by atoms with Crippen molar-refractivity contribution in [1.29, 1.82) is 0 Å². The first kappa shape index (κ1) is 13.0. The Labute approximate surface area is 105 Å². The van der Waals surface area contributed by atoms with E-state index in [-0.39, 0.29) is 5.91 Å². The van der Waals surface area contributed by atoms with Crippen molar-refractivity contribution < 1.29 is 4.79 Å². The van der Waals surface area contributed by atoms with Gasteiger partial charge < -0.3 is 9.80 Å². The van der Waals surface area contributed by atoms with Crippen LogP contribution in [0.4, 0.5) is 5.69 Å². The van der Waals surface area contributed by atoms with Crippen LogP contribution in [0.1, 0.15) is 10.4 Å². The molecule has 4 heteroatoms. The Morgan fingerprint density at radius 1 is 1.19 bits per heavy atom. The second-order valence-corrected chi connectivity index (χ2v) is 4.65. The fraction of sp³-hybridized carbons (Fsp3) is 0.417. The normalized spacial score (nSPS) is 10.0. The van der Waals surface area contributed by atoms with Crippen LogP contribution in [0.15, 0.2) is 24.3 Å². The SMILES string of the molecule is CN(CCBr)C(=O)c1ccc(N(C)C)cc1. The summed E-state index contributed by atoms with van der Waals surface area (Å²) >= 11 is 3.32. The van der Waals surface area contributed by atoms with Gasteiger partial charge in [-0.25, -0.2) is 0 Å². The molecule has 0 spiro atoms. The second-order valence-electron chi connectivity index (χ2n) is 3.86. The van der Waals surface area contributed by atoms with Crippen molar-refractivity contribution in [2.45, 2.75) is 0 Å². The maximum Gasteiger partial charge on any atom is 0.253 e. The summed E-state index contributed by atoms with van der Waals surface area (Å²) in [6.07, 6.45) is 0. The molecule has 0 aliphatic heterocycles. The van der Waals surface area contributed by atoms with Crippen LogP contribution in [0.3, 0.4) is 0 Å². The number of hydrogen-bond acceptors (Lipinski definition) is 2. The van der Waals surface area contributed by atoms with Crippen molar-refractivity contribution in [1.82, 2.24) is 4.90 Å². The molecule has 1 amide bonds. The van der Waals surface area contributed by atoms with Crippen LogP contribution >= 0.6 is 15.9 Å². The van der Waals surface area contributed by atoms with E-state index >= 15 is 0 Å². The zero-order valence-electron chi connectivity index (χ0n) is 9.90. The van der Waals surface area contributed by atoms with Gasteiger partial charge in [0.25, 0.3) is 5.91 Å². The summed E-state index contributed by atoms with van der Waals surface area (Å²) in [6, 6.07) is 7.63. The topological polar surface area (TPSA) is 23.6 Å². The third kappa shape index (κ3) is 3.23. The molecular formula is C12H17BrN2O. The van der Waals surface area contributed by atoms with Crippen LogP contribution in [0.25, 0.3) is 0 Å². The van der Waals surface area contributed by atoms with Crippen LogP contribution in [-0.2, 0) is 0 Å². The smallest absolute Gasteiger partial charge is 0.253 e. The lowest BCUT2D eigenvalue weighted by Gasteiger charge is -2.17. The molecule has 0 fully saturated rings. The Hall–Kier alpha value is -1.03. The summed E-state index contributed by atoms with van der Waals surface area (Å²) < 4.78 is 0. The molecule has 1 rings (SSSR count). The average Bonchev–Trinajstić information content (AvgIpc) is 2.28. The fourth-order valence-corrected chi connectivity index (χ4v) is 1.88. The van der Waals surface area contributed by atoms with Gasteiger partial charge in [0.05, 0.1) is 0 Å². The largest absolute Gasteiger partial charge is 0.378 e. The number of carbonyl (C=O) groups excluding carboxylic acids is 1. The van der Waals surface area contributed by atoms with E-state index < -0.39 is 0 Å². The summed E-state index contributed by atoms with van der Waals surface area (Å²) in [5, 5.41) is 0.797. The zero-order valence-corrected chi connectivity index (χ0v) is 11.5. The Kier molecular flexibility index (Phi) is 4.80. The third-order valence-electron chi connectivity index (χ3n) is 2.40. The molecular weight excluding hydrogens is 268 g/mol. The van der Waals surface area contributed by atoms with Crippen LogP contribution in [0, 0.1) is 0 Å². The molecule has 1 aromatic carbocycles. The van der Waals surface area contributed by atoms with E-state index in [0.717, 1.165) is 16.6 Å². The number of halogens is 1. The average molecular weight is 285 g/mol. The van der Waals surface area contributed by atoms with Crippen molar-refractivity contribution in [3.63, 3.8) is 0 Å². The number of benzene rings is 1. The fourth-order valence-electron chi connectivity index (χ4n) is 1.35. The molecule has 0 saturated heterocycles. The van der Waals surface area contributed by atoms with Crippen molar-refractivity contribution in [2.75, 3.05) is 37.9 Å². The van der Waals surface area contributed by atoms with Crippen LogP contribution in [0.2, 0.25) is 0 Å². The highest BCUT2D eigenvalue weighted by Crippen LogP contribution is 2.13. The zero-order chi connectivity index (χ0) is 12.1. The number of amides is 1. The Morgan fingerprint density at radius 3 is 2.19 bits per heavy atom. The number of alkyl halides is 1. The third-order valence-corrected chi connectivity index (χ3v) is 2.75. The lowest BCUT2D eigenvalue weighted by molar-refractivity contribution is 0.0804. The number of nitrogens with zero attached hydrogens (tertiary/aromatic N) is 2. The first-order valence-corrected chi connectivity index (χ1v) is 6.27. The number of carbonyl (C=O) groups is 1. The van der Waals surface area contributed by atoms with E-state index in [1.165, 1.54) is 0 Å². The summed E-state index contributed by atoms with van der Waals surface area (Å²) in [6.45, 7) is 0.717. The molecule has 0 bridgehead atoms. The Bertz CT molecular complexity index is 349. The summed E-state index contributed by atoms with van der Waals surface area (Å²) in [7, 11) is 5.77. The van der Waals surface area contributed by atoms with E-state index in [0.29, 0.717) is 6.54 Å². The van der Waals surface area contributed by atoms with Gasteiger partial charge in [-0.3, -0.25) is 4.79 Å². The molecule has 0 N–H and O–H groups in total. The van der Waals surface area contributed by atoms with Gasteiger partial charge in [0, 0.05) is 44.3 Å². The lowest BCUT2D eigenvalue weighted by Crippen LogP contribution is -2.28. The first-order chi connectivity index (χ1) is 7.56. The van der Waals surface area contributed by atoms with E-state index in [2.05, 4.69) is 15.9 Å². The molecule has 0 aromatic heterocycles. The molecule has 0 saturated carbocycles. The van der Waals surface area contributed by atoms with Gasteiger partial charge in [-0.1, -0.05) is 15.9 Å². The highest BCUT2D eigenvalue weighted by Gasteiger charge is 2.10. The minimum Gasteiger partial charge on any atom is -0.378 e. The van der Waals surface area contributed by atoms with Gasteiger partial charge >= 0.3 is 0 Å². The lowest BCUT2D eigenvalue weighted by atomic mass is 10.2. The van der Waals surface area contributed by atoms with E-state index in [4.69, 9.17) is 0 Å². The van der Waals surface area contributed by atoms with Gasteiger partial charge in [0.15, 0.2) is 0 Å². The molecule has 0 atom stereocenters. The molecule has 0 aliphatic carbocycles. The maximum atomic E-state index is 11.9. The van der Waals surface area contributed by atoms with E-state index in [1.54, 1.807) is 4.90 Å².